The third kappa shape index (κ3) is 2.94. The van der Waals surface area contributed by atoms with Crippen LogP contribution in [0.25, 0.3) is 0 Å². The first-order chi connectivity index (χ1) is 7.67. The molecule has 0 aromatic carbocycles. The summed E-state index contributed by atoms with van der Waals surface area (Å²) in [5.41, 5.74) is 0.447. The number of carbonyl (C=O) groups is 1. The monoisotopic (exact) mass is 223 g/mol. The van der Waals surface area contributed by atoms with Crippen molar-refractivity contribution in [3.63, 3.8) is 0 Å². The lowest BCUT2D eigenvalue weighted by molar-refractivity contribution is -0.113. The van der Waals surface area contributed by atoms with Gasteiger partial charge in [-0.1, -0.05) is 25.3 Å². The Labute approximate surface area is 97.6 Å². The summed E-state index contributed by atoms with van der Waals surface area (Å²) in [4.78, 5) is 15.8. The largest absolute Gasteiger partial charge is 0.481 e. The molecule has 0 amide bonds. The second kappa shape index (κ2) is 5.83. The van der Waals surface area contributed by atoms with Gasteiger partial charge in [0, 0.05) is 5.57 Å². The maximum Gasteiger partial charge on any atom is 0.211 e. The summed E-state index contributed by atoms with van der Waals surface area (Å²) < 4.78 is 5.26. The molecule has 0 spiro atoms. The van der Waals surface area contributed by atoms with Gasteiger partial charge in [-0.15, -0.1) is 0 Å². The van der Waals surface area contributed by atoms with Crippen LogP contribution in [0.3, 0.4) is 0 Å². The zero-order valence-electron chi connectivity index (χ0n) is 10.5. The number of hydrogen-bond acceptors (Lipinski definition) is 3. The molecule has 1 aliphatic carbocycles. The summed E-state index contributed by atoms with van der Waals surface area (Å²) in [6.45, 7) is 3.89. The SMILES string of the molecule is C/C=C(\C)C(=NC1(C=O)CCCCC1)OC. The minimum absolute atomic E-state index is 0.534. The molecule has 1 fully saturated rings. The van der Waals surface area contributed by atoms with Crippen LogP contribution in [-0.4, -0.2) is 24.8 Å². The van der Waals surface area contributed by atoms with E-state index in [0.717, 1.165) is 37.5 Å². The minimum atomic E-state index is -0.534. The molecule has 0 radical (unpaired) electrons. The summed E-state index contributed by atoms with van der Waals surface area (Å²) in [5, 5.41) is 0. The fraction of sp³-hybridized carbons (Fsp3) is 0.692. The summed E-state index contributed by atoms with van der Waals surface area (Å²) >= 11 is 0. The van der Waals surface area contributed by atoms with Crippen molar-refractivity contribution in [1.29, 1.82) is 0 Å². The molecule has 0 aromatic heterocycles. The van der Waals surface area contributed by atoms with Gasteiger partial charge in [0.2, 0.25) is 5.90 Å². The Morgan fingerprint density at radius 3 is 2.38 bits per heavy atom. The number of aliphatic imine (C=N–C) groups is 1. The Kier molecular flexibility index (Phi) is 4.71. The van der Waals surface area contributed by atoms with E-state index >= 15 is 0 Å². The molecule has 3 heteroatoms. The van der Waals surface area contributed by atoms with Crippen LogP contribution >= 0.6 is 0 Å². The molecule has 3 nitrogen and oxygen atoms in total. The van der Waals surface area contributed by atoms with Crippen LogP contribution in [0.5, 0.6) is 0 Å². The molecule has 1 rings (SSSR count). The highest BCUT2D eigenvalue weighted by Gasteiger charge is 2.32. The van der Waals surface area contributed by atoms with E-state index in [1.54, 1.807) is 7.11 Å². The summed E-state index contributed by atoms with van der Waals surface area (Å²) in [5.74, 6) is 0.594. The second-order valence-corrected chi connectivity index (χ2v) is 4.37. The number of allylic oxidation sites excluding steroid dienone is 1. The van der Waals surface area contributed by atoms with Gasteiger partial charge >= 0.3 is 0 Å². The Morgan fingerprint density at radius 1 is 1.31 bits per heavy atom. The van der Waals surface area contributed by atoms with Crippen molar-refractivity contribution < 1.29 is 9.53 Å². The lowest BCUT2D eigenvalue weighted by Gasteiger charge is -2.28. The number of aldehydes is 1. The quantitative estimate of drug-likeness (QED) is 0.419. The van der Waals surface area contributed by atoms with Crippen molar-refractivity contribution >= 4 is 12.2 Å². The van der Waals surface area contributed by atoms with Gasteiger partial charge in [0.15, 0.2) is 0 Å². The molecular formula is C13H21NO2. The molecule has 90 valence electrons. The van der Waals surface area contributed by atoms with Gasteiger partial charge in [0.1, 0.15) is 11.8 Å². The number of nitrogens with zero attached hydrogens (tertiary/aromatic N) is 1. The summed E-state index contributed by atoms with van der Waals surface area (Å²) in [7, 11) is 1.60. The Hall–Kier alpha value is -1.12. The van der Waals surface area contributed by atoms with E-state index in [1.807, 2.05) is 19.9 Å². The molecule has 1 saturated carbocycles. The zero-order valence-corrected chi connectivity index (χ0v) is 10.5. The van der Waals surface area contributed by atoms with Crippen molar-refractivity contribution in [3.8, 4) is 0 Å². The Morgan fingerprint density at radius 2 is 1.94 bits per heavy atom. The van der Waals surface area contributed by atoms with E-state index in [2.05, 4.69) is 4.99 Å². The average Bonchev–Trinajstić information content (AvgIpc) is 2.36. The third-order valence-electron chi connectivity index (χ3n) is 3.23. The second-order valence-electron chi connectivity index (χ2n) is 4.37. The van der Waals surface area contributed by atoms with Crippen molar-refractivity contribution in [3.05, 3.63) is 11.6 Å². The fourth-order valence-electron chi connectivity index (χ4n) is 2.04. The summed E-state index contributed by atoms with van der Waals surface area (Å²) in [6, 6.07) is 0. The standard InChI is InChI=1S/C13H21NO2/c1-4-11(2)12(16-3)14-13(10-15)8-6-5-7-9-13/h4,10H,5-9H2,1-3H3/b11-4+,14-12?. The van der Waals surface area contributed by atoms with E-state index in [9.17, 15) is 4.79 Å². The van der Waals surface area contributed by atoms with E-state index in [-0.39, 0.29) is 0 Å². The van der Waals surface area contributed by atoms with Gasteiger partial charge in [-0.25, -0.2) is 4.99 Å². The van der Waals surface area contributed by atoms with Crippen molar-refractivity contribution in [1.82, 2.24) is 0 Å². The van der Waals surface area contributed by atoms with Crippen LogP contribution in [0.2, 0.25) is 0 Å². The first kappa shape index (κ1) is 12.9. The van der Waals surface area contributed by atoms with Crippen LogP contribution in [0.1, 0.15) is 46.0 Å². The van der Waals surface area contributed by atoms with Crippen molar-refractivity contribution in [2.75, 3.05) is 7.11 Å². The van der Waals surface area contributed by atoms with Crippen LogP contribution in [-0.2, 0) is 9.53 Å². The van der Waals surface area contributed by atoms with Gasteiger partial charge in [-0.2, -0.15) is 0 Å². The number of methoxy groups -OCH3 is 1. The molecule has 0 bridgehead atoms. The Bertz CT molecular complexity index is 299. The molecule has 0 heterocycles. The molecule has 0 saturated heterocycles. The molecule has 1 aliphatic rings. The highest BCUT2D eigenvalue weighted by Crippen LogP contribution is 2.30. The van der Waals surface area contributed by atoms with Gasteiger partial charge in [0.25, 0.3) is 0 Å². The van der Waals surface area contributed by atoms with Crippen LogP contribution in [0.15, 0.2) is 16.6 Å². The third-order valence-corrected chi connectivity index (χ3v) is 3.23. The van der Waals surface area contributed by atoms with Gasteiger partial charge in [-0.05, 0) is 26.7 Å². The fourth-order valence-corrected chi connectivity index (χ4v) is 2.04. The van der Waals surface area contributed by atoms with Crippen molar-refractivity contribution in [2.45, 2.75) is 51.5 Å². The van der Waals surface area contributed by atoms with Crippen LogP contribution in [0.4, 0.5) is 0 Å². The molecule has 0 atom stereocenters. The highest BCUT2D eigenvalue weighted by molar-refractivity contribution is 5.94. The minimum Gasteiger partial charge on any atom is -0.481 e. The molecule has 0 aromatic rings. The van der Waals surface area contributed by atoms with E-state index in [1.165, 1.54) is 6.42 Å². The van der Waals surface area contributed by atoms with Crippen LogP contribution < -0.4 is 0 Å². The van der Waals surface area contributed by atoms with Gasteiger partial charge in [-0.3, -0.25) is 0 Å². The molecular weight excluding hydrogens is 202 g/mol. The number of rotatable bonds is 3. The first-order valence-electron chi connectivity index (χ1n) is 5.91. The van der Waals surface area contributed by atoms with Crippen molar-refractivity contribution in [2.24, 2.45) is 4.99 Å². The maximum atomic E-state index is 11.3. The summed E-state index contributed by atoms with van der Waals surface area (Å²) in [6.07, 6.45) is 8.00. The first-order valence-corrected chi connectivity index (χ1v) is 5.91. The topological polar surface area (TPSA) is 38.7 Å². The number of hydrogen-bond donors (Lipinski definition) is 0. The molecule has 0 unspecified atom stereocenters. The van der Waals surface area contributed by atoms with Gasteiger partial charge in [0.05, 0.1) is 7.11 Å². The Balaban J connectivity index is 2.95. The predicted octanol–water partition coefficient (Wildman–Crippen LogP) is 2.90. The van der Waals surface area contributed by atoms with Gasteiger partial charge < -0.3 is 9.53 Å². The smallest absolute Gasteiger partial charge is 0.211 e. The average molecular weight is 223 g/mol. The molecule has 16 heavy (non-hydrogen) atoms. The lowest BCUT2D eigenvalue weighted by atomic mass is 9.83. The predicted molar refractivity (Wildman–Crippen MR) is 65.8 cm³/mol. The van der Waals surface area contributed by atoms with Crippen LogP contribution in [0, 0.1) is 0 Å². The number of carbonyl (C=O) groups excluding carboxylic acids is 1. The lowest BCUT2D eigenvalue weighted by Crippen LogP contribution is -2.33. The highest BCUT2D eigenvalue weighted by atomic mass is 16.5. The van der Waals surface area contributed by atoms with E-state index in [4.69, 9.17) is 4.74 Å². The molecule has 0 N–H and O–H groups in total. The number of ether oxygens (including phenoxy) is 1. The van der Waals surface area contributed by atoms with E-state index < -0.39 is 5.54 Å². The van der Waals surface area contributed by atoms with E-state index in [0.29, 0.717) is 5.90 Å². The normalized spacial score (nSPS) is 21.7. The molecule has 0 aliphatic heterocycles. The zero-order chi connectivity index (χ0) is 12.0. The maximum absolute atomic E-state index is 11.3.